The van der Waals surface area contributed by atoms with Gasteiger partial charge in [0.25, 0.3) is 5.91 Å². The summed E-state index contributed by atoms with van der Waals surface area (Å²) in [6.45, 7) is 3.18. The lowest BCUT2D eigenvalue weighted by molar-refractivity contribution is -0.143. The molecular formula is C26H26N2O3. The Kier molecular flexibility index (Phi) is 4.86. The summed E-state index contributed by atoms with van der Waals surface area (Å²) in [5.41, 5.74) is 3.87. The summed E-state index contributed by atoms with van der Waals surface area (Å²) >= 11 is 0. The number of aryl methyl sites for hydroxylation is 1. The molecule has 2 aliphatic rings. The van der Waals surface area contributed by atoms with E-state index in [1.54, 1.807) is 4.90 Å². The van der Waals surface area contributed by atoms with E-state index in [1.165, 1.54) is 5.56 Å². The zero-order valence-corrected chi connectivity index (χ0v) is 17.7. The highest BCUT2D eigenvalue weighted by Crippen LogP contribution is 2.38. The van der Waals surface area contributed by atoms with Crippen molar-refractivity contribution >= 4 is 22.6 Å². The lowest BCUT2D eigenvalue weighted by atomic mass is 9.88. The van der Waals surface area contributed by atoms with Crippen molar-refractivity contribution in [3.63, 3.8) is 0 Å². The Morgan fingerprint density at radius 1 is 1.03 bits per heavy atom. The molecule has 0 spiro atoms. The van der Waals surface area contributed by atoms with Gasteiger partial charge in [-0.25, -0.2) is 0 Å². The van der Waals surface area contributed by atoms with E-state index in [4.69, 9.17) is 0 Å². The number of benzene rings is 2. The Bertz CT molecular complexity index is 1160. The predicted octanol–water partition coefficient (Wildman–Crippen LogP) is 4.16. The van der Waals surface area contributed by atoms with E-state index in [9.17, 15) is 14.7 Å². The van der Waals surface area contributed by atoms with Crippen LogP contribution in [-0.2, 0) is 4.79 Å². The molecule has 5 heteroatoms. The number of carbonyl (C=O) groups is 2. The number of fused-ring (bicyclic) bond motifs is 1. The average molecular weight is 415 g/mol. The molecule has 1 N–H and O–H groups in total. The minimum atomic E-state index is -1.12. The molecule has 2 fully saturated rings. The van der Waals surface area contributed by atoms with Crippen LogP contribution in [0.2, 0.25) is 0 Å². The number of hydrogen-bond acceptors (Lipinski definition) is 4. The number of Topliss-reactive ketones (excluding diaryl/α,β-unsaturated/α-hetero) is 1. The molecule has 1 aliphatic heterocycles. The fraction of sp³-hybridized carbons (Fsp3) is 0.346. The van der Waals surface area contributed by atoms with Crippen LogP contribution in [0, 0.1) is 12.8 Å². The highest BCUT2D eigenvalue weighted by atomic mass is 16.3. The predicted molar refractivity (Wildman–Crippen MR) is 120 cm³/mol. The fourth-order valence-corrected chi connectivity index (χ4v) is 4.59. The second-order valence-corrected chi connectivity index (χ2v) is 8.85. The third kappa shape index (κ3) is 3.63. The van der Waals surface area contributed by atoms with Crippen LogP contribution in [0.4, 0.5) is 0 Å². The fourth-order valence-electron chi connectivity index (χ4n) is 4.59. The Balaban J connectivity index is 1.29. The Morgan fingerprint density at radius 2 is 1.71 bits per heavy atom. The van der Waals surface area contributed by atoms with Crippen molar-refractivity contribution in [1.29, 1.82) is 0 Å². The molecule has 1 saturated carbocycles. The number of ketones is 1. The SMILES string of the molecule is Cc1c(-c2ccc(C(=O)C3CCN(C(=O)C4(O)CC4)CC3)cc2)cnc2ccccc12. The normalized spacial score (nSPS) is 18.2. The molecule has 0 radical (unpaired) electrons. The number of amides is 1. The Hall–Kier alpha value is -3.05. The van der Waals surface area contributed by atoms with Crippen molar-refractivity contribution < 1.29 is 14.7 Å². The highest BCUT2D eigenvalue weighted by molar-refractivity contribution is 5.99. The van der Waals surface area contributed by atoms with Crippen LogP contribution in [0.1, 0.15) is 41.6 Å². The van der Waals surface area contributed by atoms with Crippen LogP contribution < -0.4 is 0 Å². The van der Waals surface area contributed by atoms with Gasteiger partial charge in [-0.15, -0.1) is 0 Å². The number of rotatable bonds is 4. The molecular weight excluding hydrogens is 388 g/mol. The first kappa shape index (κ1) is 19.9. The van der Waals surface area contributed by atoms with Crippen molar-refractivity contribution in [2.45, 2.75) is 38.2 Å². The summed E-state index contributed by atoms with van der Waals surface area (Å²) in [7, 11) is 0. The summed E-state index contributed by atoms with van der Waals surface area (Å²) in [4.78, 5) is 31.6. The first-order chi connectivity index (χ1) is 15.0. The number of nitrogens with zero attached hydrogens (tertiary/aromatic N) is 2. The van der Waals surface area contributed by atoms with Gasteiger partial charge in [0.1, 0.15) is 5.60 Å². The number of para-hydroxylation sites is 1. The maximum atomic E-state index is 13.0. The molecule has 0 bridgehead atoms. The van der Waals surface area contributed by atoms with E-state index in [2.05, 4.69) is 18.0 Å². The summed E-state index contributed by atoms with van der Waals surface area (Å²) in [6, 6.07) is 15.9. The highest BCUT2D eigenvalue weighted by Gasteiger charge is 2.50. The molecule has 158 valence electrons. The van der Waals surface area contributed by atoms with Crippen molar-refractivity contribution in [3.05, 3.63) is 65.9 Å². The van der Waals surface area contributed by atoms with Crippen LogP contribution in [0.25, 0.3) is 22.0 Å². The molecule has 5 nitrogen and oxygen atoms in total. The molecule has 2 aromatic carbocycles. The van der Waals surface area contributed by atoms with Crippen molar-refractivity contribution in [3.8, 4) is 11.1 Å². The number of pyridine rings is 1. The van der Waals surface area contributed by atoms with E-state index < -0.39 is 5.60 Å². The first-order valence-corrected chi connectivity index (χ1v) is 11.0. The van der Waals surface area contributed by atoms with Crippen LogP contribution in [-0.4, -0.2) is 45.4 Å². The molecule has 0 unspecified atom stereocenters. The maximum absolute atomic E-state index is 13.0. The van der Waals surface area contributed by atoms with Crippen molar-refractivity contribution in [1.82, 2.24) is 9.88 Å². The van der Waals surface area contributed by atoms with E-state index in [0.717, 1.165) is 22.0 Å². The molecule has 1 saturated heterocycles. The van der Waals surface area contributed by atoms with Gasteiger partial charge in [0.2, 0.25) is 0 Å². The molecule has 1 aromatic heterocycles. The molecule has 1 amide bonds. The second kappa shape index (κ2) is 7.57. The van der Waals surface area contributed by atoms with Crippen LogP contribution in [0.5, 0.6) is 0 Å². The monoisotopic (exact) mass is 414 g/mol. The molecule has 0 atom stereocenters. The molecule has 1 aliphatic carbocycles. The van der Waals surface area contributed by atoms with Gasteiger partial charge in [-0.2, -0.15) is 0 Å². The zero-order chi connectivity index (χ0) is 21.6. The van der Waals surface area contributed by atoms with Crippen molar-refractivity contribution in [2.24, 2.45) is 5.92 Å². The van der Waals surface area contributed by atoms with E-state index in [0.29, 0.717) is 44.3 Å². The van der Waals surface area contributed by atoms with Gasteiger partial charge in [-0.3, -0.25) is 14.6 Å². The lowest BCUT2D eigenvalue weighted by Crippen LogP contribution is -2.45. The van der Waals surface area contributed by atoms with Gasteiger partial charge in [0.05, 0.1) is 5.52 Å². The third-order valence-corrected chi connectivity index (χ3v) is 6.80. The number of piperidine rings is 1. The number of aliphatic hydroxyl groups is 1. The van der Waals surface area contributed by atoms with E-state index in [-0.39, 0.29) is 17.6 Å². The molecule has 2 heterocycles. The van der Waals surface area contributed by atoms with Crippen LogP contribution >= 0.6 is 0 Å². The standard InChI is InChI=1S/C26H26N2O3/c1-17-21-4-2-3-5-23(21)27-16-22(17)18-6-8-19(9-7-18)24(29)20-10-14-28(15-11-20)25(30)26(31)12-13-26/h2-9,16,20,31H,10-15H2,1H3. The summed E-state index contributed by atoms with van der Waals surface area (Å²) in [5.74, 6) is -0.105. The lowest BCUT2D eigenvalue weighted by Gasteiger charge is -2.32. The Morgan fingerprint density at radius 3 is 2.39 bits per heavy atom. The topological polar surface area (TPSA) is 70.5 Å². The van der Waals surface area contributed by atoms with Gasteiger partial charge in [-0.1, -0.05) is 42.5 Å². The summed E-state index contributed by atoms with van der Waals surface area (Å²) in [5, 5.41) is 11.2. The number of carbonyl (C=O) groups excluding carboxylic acids is 2. The number of hydrogen-bond donors (Lipinski definition) is 1. The summed E-state index contributed by atoms with van der Waals surface area (Å²) < 4.78 is 0. The van der Waals surface area contributed by atoms with Gasteiger partial charge >= 0.3 is 0 Å². The Labute approximate surface area is 181 Å². The van der Waals surface area contributed by atoms with E-state index >= 15 is 0 Å². The van der Waals surface area contributed by atoms with Crippen LogP contribution in [0.15, 0.2) is 54.7 Å². The second-order valence-electron chi connectivity index (χ2n) is 8.85. The summed E-state index contributed by atoms with van der Waals surface area (Å²) in [6.07, 6.45) is 4.31. The largest absolute Gasteiger partial charge is 0.380 e. The minimum absolute atomic E-state index is 0.0761. The number of aromatic nitrogens is 1. The minimum Gasteiger partial charge on any atom is -0.380 e. The first-order valence-electron chi connectivity index (χ1n) is 11.0. The number of likely N-dealkylation sites (tertiary alicyclic amines) is 1. The van der Waals surface area contributed by atoms with E-state index in [1.807, 2.05) is 48.7 Å². The van der Waals surface area contributed by atoms with Crippen molar-refractivity contribution in [2.75, 3.05) is 13.1 Å². The quantitative estimate of drug-likeness (QED) is 0.651. The third-order valence-electron chi connectivity index (χ3n) is 6.80. The molecule has 31 heavy (non-hydrogen) atoms. The smallest absolute Gasteiger partial charge is 0.254 e. The van der Waals surface area contributed by atoms with Crippen LogP contribution in [0.3, 0.4) is 0 Å². The average Bonchev–Trinajstić information content (AvgIpc) is 3.57. The maximum Gasteiger partial charge on any atom is 0.254 e. The zero-order valence-electron chi connectivity index (χ0n) is 17.7. The molecule has 5 rings (SSSR count). The van der Waals surface area contributed by atoms with Gasteiger partial charge in [0.15, 0.2) is 5.78 Å². The van der Waals surface area contributed by atoms with Gasteiger partial charge in [-0.05, 0) is 49.8 Å². The molecule has 3 aromatic rings. The van der Waals surface area contributed by atoms with Gasteiger partial charge < -0.3 is 10.0 Å². The van der Waals surface area contributed by atoms with Gasteiger partial charge in [0, 0.05) is 41.7 Å².